The van der Waals surface area contributed by atoms with Gasteiger partial charge >= 0.3 is 5.97 Å². The summed E-state index contributed by atoms with van der Waals surface area (Å²) in [6, 6.07) is 19.9. The van der Waals surface area contributed by atoms with Crippen molar-refractivity contribution >= 4 is 33.5 Å². The van der Waals surface area contributed by atoms with Crippen LogP contribution in [-0.2, 0) is 4.79 Å². The van der Waals surface area contributed by atoms with Gasteiger partial charge in [0.25, 0.3) is 0 Å². The standard InChI is InChI=1S/C25H20O5S/c1-15(26)19-4-2-3-5-20(19)25-24(21-12-9-17(27)14-22(21)31-25)30-18-10-6-16(7-11-18)8-13-23(28)29/h2-15,26-27H,1H3,(H,28,29)/t15-/m1/s1. The number of aromatic hydroxyl groups is 1. The highest BCUT2D eigenvalue weighted by atomic mass is 32.1. The molecule has 3 N–H and O–H groups in total. The normalized spacial score (nSPS) is 12.3. The lowest BCUT2D eigenvalue weighted by Gasteiger charge is -2.13. The van der Waals surface area contributed by atoms with Crippen molar-refractivity contribution in [1.82, 2.24) is 0 Å². The molecule has 0 aliphatic carbocycles. The van der Waals surface area contributed by atoms with Crippen LogP contribution in [0, 0.1) is 0 Å². The molecule has 0 spiro atoms. The number of hydrogen-bond donors (Lipinski definition) is 3. The third-order valence-corrected chi connectivity index (χ3v) is 5.97. The molecular formula is C25H20O5S. The molecule has 1 heterocycles. The number of carboxylic acid groups (broad SMARTS) is 1. The van der Waals surface area contributed by atoms with Crippen molar-refractivity contribution in [2.75, 3.05) is 0 Å². The molecule has 3 aromatic carbocycles. The van der Waals surface area contributed by atoms with Gasteiger partial charge < -0.3 is 20.1 Å². The lowest BCUT2D eigenvalue weighted by Crippen LogP contribution is -1.94. The molecule has 0 saturated heterocycles. The van der Waals surface area contributed by atoms with Crippen molar-refractivity contribution in [2.45, 2.75) is 13.0 Å². The van der Waals surface area contributed by atoms with Crippen LogP contribution in [-0.4, -0.2) is 21.3 Å². The zero-order valence-electron chi connectivity index (χ0n) is 16.6. The molecule has 1 atom stereocenters. The topological polar surface area (TPSA) is 87.0 Å². The number of aliphatic hydroxyl groups excluding tert-OH is 1. The highest BCUT2D eigenvalue weighted by Crippen LogP contribution is 2.48. The van der Waals surface area contributed by atoms with Crippen LogP contribution in [0.15, 0.2) is 72.8 Å². The van der Waals surface area contributed by atoms with Gasteiger partial charge in [0.2, 0.25) is 0 Å². The molecule has 6 heteroatoms. The number of benzene rings is 3. The summed E-state index contributed by atoms with van der Waals surface area (Å²) < 4.78 is 7.15. The number of aliphatic hydroxyl groups is 1. The van der Waals surface area contributed by atoms with Crippen LogP contribution in [0.2, 0.25) is 0 Å². The largest absolute Gasteiger partial charge is 0.508 e. The Morgan fingerprint density at radius 1 is 1.06 bits per heavy atom. The van der Waals surface area contributed by atoms with E-state index in [4.69, 9.17) is 9.84 Å². The molecule has 0 unspecified atom stereocenters. The average molecular weight is 432 g/mol. The molecule has 0 saturated carbocycles. The summed E-state index contributed by atoms with van der Waals surface area (Å²) >= 11 is 1.48. The highest BCUT2D eigenvalue weighted by molar-refractivity contribution is 7.22. The Balaban J connectivity index is 1.80. The lowest BCUT2D eigenvalue weighted by atomic mass is 10.0. The molecule has 0 bridgehead atoms. The molecule has 0 radical (unpaired) electrons. The smallest absolute Gasteiger partial charge is 0.328 e. The Hall–Kier alpha value is -3.61. The van der Waals surface area contributed by atoms with E-state index < -0.39 is 12.1 Å². The minimum absolute atomic E-state index is 0.172. The van der Waals surface area contributed by atoms with E-state index in [0.717, 1.165) is 37.7 Å². The number of phenolic OH excluding ortho intramolecular Hbond substituents is 1. The third-order valence-electron chi connectivity index (χ3n) is 4.80. The molecule has 156 valence electrons. The number of carboxylic acids is 1. The second kappa shape index (κ2) is 8.63. The first-order valence-corrected chi connectivity index (χ1v) is 10.5. The van der Waals surface area contributed by atoms with Crippen molar-refractivity contribution in [3.63, 3.8) is 0 Å². The van der Waals surface area contributed by atoms with Gasteiger partial charge in [-0.25, -0.2) is 4.79 Å². The summed E-state index contributed by atoms with van der Waals surface area (Å²) in [6.07, 6.45) is 1.95. The maximum atomic E-state index is 10.7. The molecule has 5 nitrogen and oxygen atoms in total. The van der Waals surface area contributed by atoms with Crippen molar-refractivity contribution < 1.29 is 24.9 Å². The summed E-state index contributed by atoms with van der Waals surface area (Å²) in [5, 5.41) is 29.8. The van der Waals surface area contributed by atoms with Crippen LogP contribution in [0.1, 0.15) is 24.2 Å². The van der Waals surface area contributed by atoms with E-state index in [1.54, 1.807) is 43.3 Å². The van der Waals surface area contributed by atoms with E-state index >= 15 is 0 Å². The number of carbonyl (C=O) groups is 1. The first-order chi connectivity index (χ1) is 14.9. The maximum absolute atomic E-state index is 10.7. The number of ether oxygens (including phenoxy) is 1. The zero-order chi connectivity index (χ0) is 22.0. The molecule has 0 aliphatic heterocycles. The Bertz CT molecular complexity index is 1270. The van der Waals surface area contributed by atoms with Crippen molar-refractivity contribution in [2.24, 2.45) is 0 Å². The van der Waals surface area contributed by atoms with Gasteiger partial charge in [-0.1, -0.05) is 36.4 Å². The van der Waals surface area contributed by atoms with Gasteiger partial charge in [-0.3, -0.25) is 0 Å². The number of aliphatic carboxylic acids is 1. The van der Waals surface area contributed by atoms with E-state index in [1.807, 2.05) is 30.3 Å². The molecule has 4 rings (SSSR count). The van der Waals surface area contributed by atoms with Crippen LogP contribution in [0.5, 0.6) is 17.2 Å². The lowest BCUT2D eigenvalue weighted by molar-refractivity contribution is -0.131. The first kappa shape index (κ1) is 20.7. The second-order valence-electron chi connectivity index (χ2n) is 7.05. The first-order valence-electron chi connectivity index (χ1n) is 9.64. The van der Waals surface area contributed by atoms with Gasteiger partial charge in [-0.05, 0) is 54.5 Å². The Morgan fingerprint density at radius 2 is 1.81 bits per heavy atom. The average Bonchev–Trinajstić information content (AvgIpc) is 3.10. The van der Waals surface area contributed by atoms with Crippen LogP contribution in [0.3, 0.4) is 0 Å². The van der Waals surface area contributed by atoms with Gasteiger partial charge in [-0.15, -0.1) is 11.3 Å². The zero-order valence-corrected chi connectivity index (χ0v) is 17.5. The van der Waals surface area contributed by atoms with E-state index in [-0.39, 0.29) is 5.75 Å². The van der Waals surface area contributed by atoms with Crippen molar-refractivity contribution in [1.29, 1.82) is 0 Å². The number of thiophene rings is 1. The quantitative estimate of drug-likeness (QED) is 0.315. The predicted octanol–water partition coefficient (Wildman–Crippen LogP) is 6.22. The van der Waals surface area contributed by atoms with Crippen LogP contribution in [0.4, 0.5) is 0 Å². The Morgan fingerprint density at radius 3 is 2.52 bits per heavy atom. The summed E-state index contributed by atoms with van der Waals surface area (Å²) in [6.45, 7) is 1.72. The summed E-state index contributed by atoms with van der Waals surface area (Å²) in [7, 11) is 0. The van der Waals surface area contributed by atoms with Gasteiger partial charge in [0.1, 0.15) is 11.5 Å². The molecular weight excluding hydrogens is 412 g/mol. The van der Waals surface area contributed by atoms with Gasteiger partial charge in [0, 0.05) is 21.7 Å². The summed E-state index contributed by atoms with van der Waals surface area (Å²) in [4.78, 5) is 11.6. The molecule has 0 fully saturated rings. The monoisotopic (exact) mass is 432 g/mol. The highest BCUT2D eigenvalue weighted by Gasteiger charge is 2.20. The number of fused-ring (bicyclic) bond motifs is 1. The molecule has 4 aromatic rings. The minimum atomic E-state index is -1.00. The molecule has 1 aromatic heterocycles. The van der Waals surface area contributed by atoms with E-state index in [1.165, 1.54) is 17.4 Å². The minimum Gasteiger partial charge on any atom is -0.508 e. The number of phenols is 1. The third kappa shape index (κ3) is 4.45. The van der Waals surface area contributed by atoms with Crippen LogP contribution < -0.4 is 4.74 Å². The van der Waals surface area contributed by atoms with Crippen molar-refractivity contribution in [3.8, 4) is 27.7 Å². The molecule has 0 amide bonds. The fraction of sp³-hybridized carbons (Fsp3) is 0.0800. The SMILES string of the molecule is C[C@@H](O)c1ccccc1-c1sc2cc(O)ccc2c1Oc1ccc(C=CC(=O)O)cc1. The molecule has 31 heavy (non-hydrogen) atoms. The summed E-state index contributed by atoms with van der Waals surface area (Å²) in [5.74, 6) is 0.401. The van der Waals surface area contributed by atoms with E-state index in [9.17, 15) is 15.0 Å². The van der Waals surface area contributed by atoms with Crippen LogP contribution in [0.25, 0.3) is 26.6 Å². The van der Waals surface area contributed by atoms with Gasteiger partial charge in [0.15, 0.2) is 5.75 Å². The second-order valence-corrected chi connectivity index (χ2v) is 8.10. The van der Waals surface area contributed by atoms with E-state index in [0.29, 0.717) is 11.5 Å². The fourth-order valence-electron chi connectivity index (χ4n) is 3.34. The van der Waals surface area contributed by atoms with Crippen molar-refractivity contribution in [3.05, 3.63) is 83.9 Å². The molecule has 0 aliphatic rings. The Kier molecular flexibility index (Phi) is 5.75. The van der Waals surface area contributed by atoms with Gasteiger partial charge in [0.05, 0.1) is 11.0 Å². The fourth-order valence-corrected chi connectivity index (χ4v) is 4.55. The van der Waals surface area contributed by atoms with E-state index in [2.05, 4.69) is 0 Å². The summed E-state index contributed by atoms with van der Waals surface area (Å²) in [5.41, 5.74) is 2.40. The maximum Gasteiger partial charge on any atom is 0.328 e. The van der Waals surface area contributed by atoms with Crippen LogP contribution >= 0.6 is 11.3 Å². The Labute approximate surface area is 183 Å². The number of rotatable bonds is 6. The predicted molar refractivity (Wildman–Crippen MR) is 123 cm³/mol. The number of hydrogen-bond acceptors (Lipinski definition) is 5. The van der Waals surface area contributed by atoms with Gasteiger partial charge in [-0.2, -0.15) is 0 Å².